The summed E-state index contributed by atoms with van der Waals surface area (Å²) in [6.45, 7) is 0. The van der Waals surface area contributed by atoms with Crippen LogP contribution in [0, 0.1) is 56.7 Å². The molecule has 0 saturated heterocycles. The molecule has 5 nitrogen and oxygen atoms in total. The maximum absolute atomic E-state index is 10.0. The summed E-state index contributed by atoms with van der Waals surface area (Å²) in [4.78, 5) is 0. The lowest BCUT2D eigenvalue weighted by atomic mass is 9.95. The van der Waals surface area contributed by atoms with Crippen molar-refractivity contribution in [2.45, 2.75) is 0 Å². The number of benzene rings is 4. The molecule has 4 rings (SSSR count). The van der Waals surface area contributed by atoms with Gasteiger partial charge in [-0.05, 0) is 89.5 Å². The molecular weight excluding hydrogens is 632 g/mol. The van der Waals surface area contributed by atoms with Crippen LogP contribution in [0.1, 0.15) is 44.5 Å². The highest BCUT2D eigenvalue weighted by molar-refractivity contribution is 6.36. The maximum Gasteiger partial charge on any atom is 0.0998 e. The molecule has 0 atom stereocenters. The lowest BCUT2D eigenvalue weighted by Crippen LogP contribution is -1.91. The highest BCUT2D eigenvalue weighted by Crippen LogP contribution is 2.32. The van der Waals surface area contributed by atoms with E-state index in [0.29, 0.717) is 53.5 Å². The summed E-state index contributed by atoms with van der Waals surface area (Å²) in [6, 6.07) is 29.8. The van der Waals surface area contributed by atoms with Gasteiger partial charge >= 0.3 is 0 Å². The van der Waals surface area contributed by atoms with Crippen LogP contribution in [0.4, 0.5) is 0 Å². The summed E-state index contributed by atoms with van der Waals surface area (Å²) in [7, 11) is 0. The van der Waals surface area contributed by atoms with Gasteiger partial charge in [-0.1, -0.05) is 64.6 Å². The van der Waals surface area contributed by atoms with Crippen LogP contribution in [0.5, 0.6) is 0 Å². The summed E-state index contributed by atoms with van der Waals surface area (Å²) in [6.07, 6.45) is 4.83. The smallest absolute Gasteiger partial charge is 0.0998 e. The van der Waals surface area contributed by atoms with Gasteiger partial charge in [0.15, 0.2) is 0 Å². The highest BCUT2D eigenvalue weighted by Gasteiger charge is 2.12. The molecule has 4 aromatic carbocycles. The van der Waals surface area contributed by atoms with Gasteiger partial charge in [-0.3, -0.25) is 0 Å². The van der Waals surface area contributed by atoms with Crippen LogP contribution in [-0.4, -0.2) is 0 Å². The average Bonchev–Trinajstić information content (AvgIpc) is 3.01. The van der Waals surface area contributed by atoms with E-state index in [1.165, 1.54) is 24.3 Å². The highest BCUT2D eigenvalue weighted by atomic mass is 35.5. The largest absolute Gasteiger partial charge is 0.192 e. The van der Waals surface area contributed by atoms with Gasteiger partial charge in [-0.25, -0.2) is 0 Å². The molecule has 0 unspecified atom stereocenters. The van der Waals surface area contributed by atoms with Crippen LogP contribution in [-0.2, 0) is 0 Å². The van der Waals surface area contributed by atoms with E-state index in [9.17, 15) is 26.3 Å². The Bertz CT molecular complexity index is 2030. The standard InChI is InChI=1S/C35H15Cl4N5/c36-29-2-5-32(34(38)14-29)27(19-43)12-23-7-22(11-26(18-42)31-4-1-21(16-40)10-25(31)17-41)8-24(9-23)13-28(20-44)33-6-3-30(37)15-35(33)39/h1-15H/b26-11+,27-12+,28-13+. The first-order chi connectivity index (χ1) is 21.2. The first-order valence-corrected chi connectivity index (χ1v) is 14.1. The van der Waals surface area contributed by atoms with E-state index >= 15 is 0 Å². The van der Waals surface area contributed by atoms with Crippen molar-refractivity contribution in [1.82, 2.24) is 0 Å². The fraction of sp³-hybridized carbons (Fsp3) is 0. The third-order valence-electron chi connectivity index (χ3n) is 6.30. The van der Waals surface area contributed by atoms with Crippen molar-refractivity contribution < 1.29 is 0 Å². The van der Waals surface area contributed by atoms with Crippen LogP contribution < -0.4 is 0 Å². The fourth-order valence-corrected chi connectivity index (χ4v) is 5.34. The van der Waals surface area contributed by atoms with Gasteiger partial charge in [0.2, 0.25) is 0 Å². The molecule has 0 aliphatic carbocycles. The number of hydrogen-bond donors (Lipinski definition) is 0. The Morgan fingerprint density at radius 2 is 0.886 bits per heavy atom. The molecule has 0 spiro atoms. The molecule has 0 heterocycles. The summed E-state index contributed by atoms with van der Waals surface area (Å²) >= 11 is 24.9. The van der Waals surface area contributed by atoms with Crippen molar-refractivity contribution in [3.8, 4) is 30.3 Å². The van der Waals surface area contributed by atoms with Gasteiger partial charge in [0, 0.05) is 26.7 Å². The Labute approximate surface area is 274 Å². The molecule has 0 aromatic heterocycles. The number of rotatable bonds is 6. The van der Waals surface area contributed by atoms with Crippen LogP contribution >= 0.6 is 46.4 Å². The zero-order valence-corrected chi connectivity index (χ0v) is 25.4. The topological polar surface area (TPSA) is 119 Å². The second kappa shape index (κ2) is 14.3. The SMILES string of the molecule is N#C/C(=C\c1cc(/C=C(\C#N)c2ccc(Cl)cc2Cl)cc(/C=C(\C#N)c2ccc(C#N)cc2C#N)c1)c1ccc(Cl)cc1Cl. The number of hydrogen-bond acceptors (Lipinski definition) is 5. The molecule has 0 saturated carbocycles. The molecule has 0 aliphatic rings. The molecular formula is C35H15Cl4N5. The third kappa shape index (κ3) is 7.37. The summed E-state index contributed by atoms with van der Waals surface area (Å²) < 4.78 is 0. The quantitative estimate of drug-likeness (QED) is 0.152. The van der Waals surface area contributed by atoms with E-state index in [4.69, 9.17) is 46.4 Å². The zero-order valence-electron chi connectivity index (χ0n) is 22.4. The van der Waals surface area contributed by atoms with E-state index in [0.717, 1.165) is 0 Å². The third-order valence-corrected chi connectivity index (χ3v) is 7.39. The summed E-state index contributed by atoms with van der Waals surface area (Å²) in [5.41, 5.74) is 4.08. The first kappa shape index (κ1) is 31.6. The molecule has 0 aliphatic heterocycles. The zero-order chi connectivity index (χ0) is 31.8. The van der Waals surface area contributed by atoms with Gasteiger partial charge < -0.3 is 0 Å². The van der Waals surface area contributed by atoms with Crippen LogP contribution in [0.25, 0.3) is 34.9 Å². The molecule has 0 bridgehead atoms. The predicted molar refractivity (Wildman–Crippen MR) is 176 cm³/mol. The number of nitriles is 5. The minimum atomic E-state index is 0.168. The molecule has 4 aromatic rings. The van der Waals surface area contributed by atoms with Crippen LogP contribution in [0.3, 0.4) is 0 Å². The summed E-state index contributed by atoms with van der Waals surface area (Å²) in [5.74, 6) is 0. The molecule has 44 heavy (non-hydrogen) atoms. The second-order valence-electron chi connectivity index (χ2n) is 9.17. The Kier molecular flexibility index (Phi) is 10.3. The Morgan fingerprint density at radius 3 is 1.25 bits per heavy atom. The number of halogens is 4. The molecule has 0 amide bonds. The van der Waals surface area contributed by atoms with Crippen molar-refractivity contribution in [2.24, 2.45) is 0 Å². The lowest BCUT2D eigenvalue weighted by molar-refractivity contribution is 1.43. The van der Waals surface area contributed by atoms with Crippen molar-refractivity contribution >= 4 is 81.4 Å². The minimum absolute atomic E-state index is 0.168. The van der Waals surface area contributed by atoms with Gasteiger partial charge in [-0.15, -0.1) is 0 Å². The van der Waals surface area contributed by atoms with Crippen molar-refractivity contribution in [3.63, 3.8) is 0 Å². The maximum atomic E-state index is 10.0. The molecule has 9 heteroatoms. The van der Waals surface area contributed by atoms with Gasteiger partial charge in [0.1, 0.15) is 0 Å². The molecule has 0 fully saturated rings. The van der Waals surface area contributed by atoms with Crippen molar-refractivity contribution in [3.05, 3.63) is 137 Å². The van der Waals surface area contributed by atoms with Crippen LogP contribution in [0.15, 0.2) is 72.8 Å². The second-order valence-corrected chi connectivity index (χ2v) is 10.9. The molecule has 0 N–H and O–H groups in total. The Morgan fingerprint density at radius 1 is 0.477 bits per heavy atom. The number of nitrogens with zero attached hydrogens (tertiary/aromatic N) is 5. The lowest BCUT2D eigenvalue weighted by Gasteiger charge is -2.08. The predicted octanol–water partition coefficient (Wildman–Crippen LogP) is 10.2. The van der Waals surface area contributed by atoms with E-state index < -0.39 is 0 Å². The fourth-order valence-electron chi connectivity index (χ4n) is 4.32. The van der Waals surface area contributed by atoms with E-state index in [1.807, 2.05) is 12.1 Å². The van der Waals surface area contributed by atoms with Gasteiger partial charge in [0.25, 0.3) is 0 Å². The van der Waals surface area contributed by atoms with Crippen molar-refractivity contribution in [1.29, 1.82) is 26.3 Å². The van der Waals surface area contributed by atoms with Crippen molar-refractivity contribution in [2.75, 3.05) is 0 Å². The van der Waals surface area contributed by atoms with Gasteiger partial charge in [0.05, 0.1) is 68.2 Å². The van der Waals surface area contributed by atoms with Gasteiger partial charge in [-0.2, -0.15) is 26.3 Å². The minimum Gasteiger partial charge on any atom is -0.192 e. The van der Waals surface area contributed by atoms with E-state index in [-0.39, 0.29) is 27.8 Å². The Balaban J connectivity index is 1.95. The monoisotopic (exact) mass is 645 g/mol. The van der Waals surface area contributed by atoms with Crippen LogP contribution in [0.2, 0.25) is 20.1 Å². The van der Waals surface area contributed by atoms with E-state index in [2.05, 4.69) is 18.2 Å². The Hall–Kier alpha value is -5.29. The summed E-state index contributed by atoms with van der Waals surface area (Å²) in [5, 5.41) is 50.4. The first-order valence-electron chi connectivity index (χ1n) is 12.6. The average molecular weight is 647 g/mol. The number of allylic oxidation sites excluding steroid dienone is 3. The molecule has 208 valence electrons. The molecule has 0 radical (unpaired) electrons. The normalized spacial score (nSPS) is 11.5. The van der Waals surface area contributed by atoms with E-state index in [1.54, 1.807) is 66.8 Å².